The molecule has 1 atom stereocenters. The third-order valence-corrected chi connectivity index (χ3v) is 3.53. The molecule has 0 unspecified atom stereocenters. The summed E-state index contributed by atoms with van der Waals surface area (Å²) >= 11 is 0. The maximum Gasteiger partial charge on any atom is 0.326 e. The lowest BCUT2D eigenvalue weighted by molar-refractivity contribution is -0.142. The normalized spacial score (nSPS) is 17.6. The van der Waals surface area contributed by atoms with Crippen molar-refractivity contribution in [1.82, 2.24) is 15.1 Å². The summed E-state index contributed by atoms with van der Waals surface area (Å²) in [5.41, 5.74) is 2.27. The number of fused-ring (bicyclic) bond motifs is 1. The zero-order valence-corrected chi connectivity index (χ0v) is 10.6. The van der Waals surface area contributed by atoms with Crippen molar-refractivity contribution in [3.05, 3.63) is 53.3 Å². The molecule has 102 valence electrons. The number of hydrogen-bond acceptors (Lipinski definition) is 3. The number of carbonyl (C=O) groups is 2. The number of amides is 1. The van der Waals surface area contributed by atoms with E-state index in [1.807, 2.05) is 24.3 Å². The molecule has 0 aliphatic carbocycles. The van der Waals surface area contributed by atoms with E-state index in [0.717, 1.165) is 11.1 Å². The lowest BCUT2D eigenvalue weighted by atomic mass is 9.93. The number of aromatic amines is 1. The van der Waals surface area contributed by atoms with Gasteiger partial charge in [0.1, 0.15) is 11.7 Å². The Bertz CT molecular complexity index is 651. The van der Waals surface area contributed by atoms with E-state index in [1.165, 1.54) is 11.1 Å². The first-order chi connectivity index (χ1) is 9.66. The SMILES string of the molecule is O=C(O)[C@@H]1Cc2ccccc2CN1C(=O)c1ccn[nH]1. The van der Waals surface area contributed by atoms with Gasteiger partial charge in [0, 0.05) is 19.2 Å². The summed E-state index contributed by atoms with van der Waals surface area (Å²) in [5, 5.41) is 15.7. The molecule has 1 amide bonds. The van der Waals surface area contributed by atoms with E-state index in [-0.39, 0.29) is 5.91 Å². The highest BCUT2D eigenvalue weighted by atomic mass is 16.4. The molecular formula is C14H13N3O3. The van der Waals surface area contributed by atoms with Crippen molar-refractivity contribution in [2.24, 2.45) is 0 Å². The molecule has 1 aliphatic rings. The monoisotopic (exact) mass is 271 g/mol. The molecular weight excluding hydrogens is 258 g/mol. The number of nitrogens with one attached hydrogen (secondary N) is 1. The van der Waals surface area contributed by atoms with Gasteiger partial charge in [0.25, 0.3) is 5.91 Å². The Hall–Kier alpha value is -2.63. The Morgan fingerprint density at radius 2 is 2.00 bits per heavy atom. The molecule has 0 saturated heterocycles. The summed E-state index contributed by atoms with van der Waals surface area (Å²) in [6, 6.07) is 8.29. The summed E-state index contributed by atoms with van der Waals surface area (Å²) in [5.74, 6) is -1.34. The van der Waals surface area contributed by atoms with Crippen LogP contribution >= 0.6 is 0 Å². The minimum atomic E-state index is -0.993. The van der Waals surface area contributed by atoms with Crippen molar-refractivity contribution in [2.75, 3.05) is 0 Å². The minimum Gasteiger partial charge on any atom is -0.480 e. The quantitative estimate of drug-likeness (QED) is 0.855. The molecule has 0 spiro atoms. The van der Waals surface area contributed by atoms with Gasteiger partial charge < -0.3 is 10.0 Å². The van der Waals surface area contributed by atoms with Gasteiger partial charge in [-0.1, -0.05) is 24.3 Å². The average Bonchev–Trinajstić information content (AvgIpc) is 2.99. The van der Waals surface area contributed by atoms with Gasteiger partial charge in [-0.2, -0.15) is 5.10 Å². The molecule has 2 heterocycles. The Kier molecular flexibility index (Phi) is 2.98. The smallest absolute Gasteiger partial charge is 0.326 e. The zero-order valence-electron chi connectivity index (χ0n) is 10.6. The van der Waals surface area contributed by atoms with Gasteiger partial charge in [0.15, 0.2) is 0 Å². The summed E-state index contributed by atoms with van der Waals surface area (Å²) < 4.78 is 0. The number of nitrogens with zero attached hydrogens (tertiary/aromatic N) is 2. The number of carboxylic acids is 1. The molecule has 0 fully saturated rings. The van der Waals surface area contributed by atoms with E-state index >= 15 is 0 Å². The number of H-pyrrole nitrogens is 1. The van der Waals surface area contributed by atoms with Crippen molar-refractivity contribution < 1.29 is 14.7 Å². The van der Waals surface area contributed by atoms with E-state index in [4.69, 9.17) is 0 Å². The average molecular weight is 271 g/mol. The fourth-order valence-corrected chi connectivity index (χ4v) is 2.49. The van der Waals surface area contributed by atoms with Crippen molar-refractivity contribution in [1.29, 1.82) is 0 Å². The molecule has 0 radical (unpaired) electrons. The number of rotatable bonds is 2. The van der Waals surface area contributed by atoms with E-state index in [0.29, 0.717) is 18.7 Å². The molecule has 6 heteroatoms. The van der Waals surface area contributed by atoms with Crippen LogP contribution < -0.4 is 0 Å². The van der Waals surface area contributed by atoms with Crippen molar-refractivity contribution in [3.63, 3.8) is 0 Å². The van der Waals surface area contributed by atoms with Crippen LogP contribution in [0.25, 0.3) is 0 Å². The number of aromatic nitrogens is 2. The Morgan fingerprint density at radius 1 is 1.25 bits per heavy atom. The summed E-state index contributed by atoms with van der Waals surface area (Å²) in [6.07, 6.45) is 1.80. The molecule has 3 rings (SSSR count). The van der Waals surface area contributed by atoms with Crippen LogP contribution in [0.4, 0.5) is 0 Å². The highest BCUT2D eigenvalue weighted by molar-refractivity contribution is 5.95. The van der Waals surface area contributed by atoms with Crippen LogP contribution in [0, 0.1) is 0 Å². The second-order valence-electron chi connectivity index (χ2n) is 4.73. The maximum atomic E-state index is 12.4. The lowest BCUT2D eigenvalue weighted by Gasteiger charge is -2.34. The number of aliphatic carboxylic acids is 1. The number of hydrogen-bond donors (Lipinski definition) is 2. The zero-order chi connectivity index (χ0) is 14.1. The number of carboxylic acid groups (broad SMARTS) is 1. The number of carbonyl (C=O) groups excluding carboxylic acids is 1. The van der Waals surface area contributed by atoms with Gasteiger partial charge in [0.2, 0.25) is 0 Å². The standard InChI is InChI=1S/C14H13N3O3/c18-13(11-5-6-15-16-11)17-8-10-4-2-1-3-9(10)7-12(17)14(19)20/h1-6,12H,7-8H2,(H,15,16)(H,19,20)/t12-/m0/s1. The van der Waals surface area contributed by atoms with Crippen LogP contribution in [0.3, 0.4) is 0 Å². The number of benzene rings is 1. The van der Waals surface area contributed by atoms with E-state index < -0.39 is 12.0 Å². The third kappa shape index (κ3) is 2.05. The van der Waals surface area contributed by atoms with E-state index in [1.54, 1.807) is 6.07 Å². The fourth-order valence-electron chi connectivity index (χ4n) is 2.49. The van der Waals surface area contributed by atoms with Gasteiger partial charge in [-0.3, -0.25) is 9.89 Å². The predicted molar refractivity (Wildman–Crippen MR) is 70.0 cm³/mol. The lowest BCUT2D eigenvalue weighted by Crippen LogP contribution is -2.48. The van der Waals surface area contributed by atoms with Crippen LogP contribution in [0.2, 0.25) is 0 Å². The van der Waals surface area contributed by atoms with Crippen LogP contribution in [0.1, 0.15) is 21.6 Å². The van der Waals surface area contributed by atoms with E-state index in [9.17, 15) is 14.7 Å². The summed E-state index contributed by atoms with van der Waals surface area (Å²) in [4.78, 5) is 25.2. The molecule has 0 saturated carbocycles. The molecule has 0 bridgehead atoms. The van der Waals surface area contributed by atoms with Crippen molar-refractivity contribution >= 4 is 11.9 Å². The first-order valence-corrected chi connectivity index (χ1v) is 6.27. The molecule has 1 aromatic carbocycles. The van der Waals surface area contributed by atoms with Crippen molar-refractivity contribution in [3.8, 4) is 0 Å². The highest BCUT2D eigenvalue weighted by Crippen LogP contribution is 2.24. The summed E-state index contributed by atoms with van der Waals surface area (Å²) in [7, 11) is 0. The Labute approximate surface area is 115 Å². The molecule has 2 aromatic rings. The minimum absolute atomic E-state index is 0.297. The first-order valence-electron chi connectivity index (χ1n) is 6.27. The Balaban J connectivity index is 1.96. The van der Waals surface area contributed by atoms with E-state index in [2.05, 4.69) is 10.2 Å². The molecule has 1 aliphatic heterocycles. The van der Waals surface area contributed by atoms with Gasteiger partial charge in [0.05, 0.1) is 0 Å². The van der Waals surface area contributed by atoms with Gasteiger partial charge in [-0.15, -0.1) is 0 Å². The van der Waals surface area contributed by atoms with Gasteiger partial charge in [-0.25, -0.2) is 4.79 Å². The highest BCUT2D eigenvalue weighted by Gasteiger charge is 2.35. The largest absolute Gasteiger partial charge is 0.480 e. The Morgan fingerprint density at radius 3 is 2.65 bits per heavy atom. The fraction of sp³-hybridized carbons (Fsp3) is 0.214. The third-order valence-electron chi connectivity index (χ3n) is 3.53. The van der Waals surface area contributed by atoms with Crippen LogP contribution in [-0.4, -0.2) is 38.1 Å². The molecule has 1 aromatic heterocycles. The van der Waals surface area contributed by atoms with Gasteiger partial charge in [-0.05, 0) is 17.2 Å². The maximum absolute atomic E-state index is 12.4. The van der Waals surface area contributed by atoms with Crippen molar-refractivity contribution in [2.45, 2.75) is 19.0 Å². The topological polar surface area (TPSA) is 86.3 Å². The second kappa shape index (κ2) is 4.80. The van der Waals surface area contributed by atoms with Crippen LogP contribution in [0.5, 0.6) is 0 Å². The summed E-state index contributed by atoms with van der Waals surface area (Å²) in [6.45, 7) is 0.297. The molecule has 2 N–H and O–H groups in total. The molecule has 6 nitrogen and oxygen atoms in total. The molecule has 20 heavy (non-hydrogen) atoms. The first kappa shape index (κ1) is 12.4. The second-order valence-corrected chi connectivity index (χ2v) is 4.73. The van der Waals surface area contributed by atoms with Crippen LogP contribution in [0.15, 0.2) is 36.5 Å². The van der Waals surface area contributed by atoms with Gasteiger partial charge >= 0.3 is 5.97 Å². The predicted octanol–water partition coefficient (Wildman–Crippen LogP) is 1.06. The van der Waals surface area contributed by atoms with Crippen LogP contribution in [-0.2, 0) is 17.8 Å².